The van der Waals surface area contributed by atoms with E-state index in [0.29, 0.717) is 23.9 Å². The minimum Gasteiger partial charge on any atom is -0.486 e. The average molecular weight is 451 g/mol. The van der Waals surface area contributed by atoms with E-state index in [9.17, 15) is 13.2 Å². The Morgan fingerprint density at radius 3 is 2.90 bits per heavy atom. The number of allylic oxidation sites excluding steroid dienone is 1. The minimum atomic E-state index is -3.08. The molecule has 0 radical (unpaired) electrons. The van der Waals surface area contributed by atoms with Crippen molar-refractivity contribution in [1.82, 2.24) is 20.1 Å². The van der Waals surface area contributed by atoms with Gasteiger partial charge >= 0.3 is 0 Å². The number of benzene rings is 1. The van der Waals surface area contributed by atoms with Crippen molar-refractivity contribution < 1.29 is 17.9 Å². The van der Waals surface area contributed by atoms with Gasteiger partial charge in [-0.05, 0) is 38.0 Å². The number of ether oxygens (including phenoxy) is 1. The van der Waals surface area contributed by atoms with Crippen LogP contribution in [0.15, 0.2) is 42.1 Å². The Morgan fingerprint density at radius 1 is 1.43 bits per heavy atom. The molecule has 0 spiro atoms. The van der Waals surface area contributed by atoms with Crippen molar-refractivity contribution in [3.05, 3.63) is 48.3 Å². The molecular weight excluding hydrogens is 424 g/mol. The number of carbonyl (C=O) groups is 1. The van der Waals surface area contributed by atoms with Gasteiger partial charge in [0.05, 0.1) is 22.8 Å². The summed E-state index contributed by atoms with van der Waals surface area (Å²) in [5.41, 5.74) is 0.393. The fourth-order valence-corrected chi connectivity index (χ4v) is 6.17. The fraction of sp³-hybridized carbons (Fsp3) is 0.450. The number of carbonyl (C=O) groups excluding carboxylic acids is 1. The highest BCUT2D eigenvalue weighted by atomic mass is 32.2. The molecule has 10 heteroatoms. The molecule has 1 amide bonds. The van der Waals surface area contributed by atoms with Crippen LogP contribution in [-0.4, -0.2) is 51.9 Å². The minimum absolute atomic E-state index is 0.0243. The summed E-state index contributed by atoms with van der Waals surface area (Å²) in [6, 6.07) is 7.74. The zero-order chi connectivity index (χ0) is 21.8. The molecule has 1 saturated heterocycles. The summed E-state index contributed by atoms with van der Waals surface area (Å²) in [6.07, 6.45) is 2.16. The van der Waals surface area contributed by atoms with Gasteiger partial charge in [0.15, 0.2) is 20.8 Å². The van der Waals surface area contributed by atoms with E-state index in [4.69, 9.17) is 4.74 Å². The number of hydrogen-bond acceptors (Lipinski definition) is 7. The van der Waals surface area contributed by atoms with Gasteiger partial charge in [0.25, 0.3) is 0 Å². The van der Waals surface area contributed by atoms with Gasteiger partial charge in [-0.2, -0.15) is 0 Å². The maximum absolute atomic E-state index is 12.4. The third-order valence-corrected chi connectivity index (χ3v) is 7.61. The topological polar surface area (TPSA) is 103 Å². The Labute approximate surface area is 181 Å². The maximum atomic E-state index is 12.4. The standard InChI is InChI=1S/C20H26N4O4S2/c1-4-9-24-17(12-28-16-7-5-6-15(2)11-16)22-23-19(24)29-13-18(25)21-20(3)8-10-30(26,27)14-20/h4-7,11H,1,8-10,12-14H2,2-3H3,(H,21,25)/t20-/m1/s1. The highest BCUT2D eigenvalue weighted by Crippen LogP contribution is 2.24. The molecule has 0 bridgehead atoms. The first kappa shape index (κ1) is 22.4. The van der Waals surface area contributed by atoms with Gasteiger partial charge in [-0.15, -0.1) is 16.8 Å². The van der Waals surface area contributed by atoms with E-state index < -0.39 is 15.4 Å². The predicted octanol–water partition coefficient (Wildman–Crippen LogP) is 2.14. The molecule has 3 rings (SSSR count). The Bertz CT molecular complexity index is 1040. The quantitative estimate of drug-likeness (QED) is 0.461. The first-order chi connectivity index (χ1) is 14.2. The van der Waals surface area contributed by atoms with Crippen LogP contribution in [0.5, 0.6) is 5.75 Å². The fourth-order valence-electron chi connectivity index (χ4n) is 3.31. The second-order valence-corrected chi connectivity index (χ2v) is 10.8. The Kier molecular flexibility index (Phi) is 6.87. The number of aryl methyl sites for hydroxylation is 1. The van der Waals surface area contributed by atoms with E-state index in [1.807, 2.05) is 35.8 Å². The van der Waals surface area contributed by atoms with Crippen LogP contribution in [0.4, 0.5) is 0 Å². The number of nitrogens with zero attached hydrogens (tertiary/aromatic N) is 3. The highest BCUT2D eigenvalue weighted by Gasteiger charge is 2.39. The Morgan fingerprint density at radius 2 is 2.23 bits per heavy atom. The average Bonchev–Trinajstić information content (AvgIpc) is 3.18. The third kappa shape index (κ3) is 5.85. The first-order valence-corrected chi connectivity index (χ1v) is 12.4. The van der Waals surface area contributed by atoms with Crippen molar-refractivity contribution in [2.45, 2.75) is 44.1 Å². The summed E-state index contributed by atoms with van der Waals surface area (Å²) in [5.74, 6) is 1.34. The summed E-state index contributed by atoms with van der Waals surface area (Å²) < 4.78 is 31.1. The number of aromatic nitrogens is 3. The van der Waals surface area contributed by atoms with Gasteiger partial charge < -0.3 is 10.1 Å². The van der Waals surface area contributed by atoms with Crippen molar-refractivity contribution in [2.75, 3.05) is 17.3 Å². The molecule has 1 aromatic carbocycles. The van der Waals surface area contributed by atoms with Crippen molar-refractivity contribution in [3.63, 3.8) is 0 Å². The van der Waals surface area contributed by atoms with Crippen LogP contribution in [0.2, 0.25) is 0 Å². The summed E-state index contributed by atoms with van der Waals surface area (Å²) in [6.45, 7) is 8.26. The van der Waals surface area contributed by atoms with E-state index in [-0.39, 0.29) is 29.8 Å². The molecule has 1 aliphatic rings. The molecule has 162 valence electrons. The van der Waals surface area contributed by atoms with Crippen molar-refractivity contribution in [1.29, 1.82) is 0 Å². The first-order valence-electron chi connectivity index (χ1n) is 9.56. The van der Waals surface area contributed by atoms with Crippen molar-refractivity contribution >= 4 is 27.5 Å². The van der Waals surface area contributed by atoms with Crippen LogP contribution in [0.3, 0.4) is 0 Å². The molecule has 2 heterocycles. The van der Waals surface area contributed by atoms with Crippen LogP contribution in [-0.2, 0) is 27.8 Å². The highest BCUT2D eigenvalue weighted by molar-refractivity contribution is 7.99. The van der Waals surface area contributed by atoms with Gasteiger partial charge in [-0.1, -0.05) is 30.0 Å². The molecule has 0 aliphatic carbocycles. The lowest BCUT2D eigenvalue weighted by molar-refractivity contribution is -0.120. The normalized spacial score (nSPS) is 20.1. The van der Waals surface area contributed by atoms with Crippen molar-refractivity contribution in [2.24, 2.45) is 0 Å². The number of nitrogens with one attached hydrogen (secondary N) is 1. The van der Waals surface area contributed by atoms with Crippen LogP contribution in [0.1, 0.15) is 24.7 Å². The van der Waals surface area contributed by atoms with Gasteiger partial charge in [0, 0.05) is 6.54 Å². The van der Waals surface area contributed by atoms with Gasteiger partial charge in [-0.25, -0.2) is 8.42 Å². The van der Waals surface area contributed by atoms with E-state index >= 15 is 0 Å². The zero-order valence-corrected chi connectivity index (χ0v) is 18.8. The number of hydrogen-bond donors (Lipinski definition) is 1. The molecule has 1 fully saturated rings. The molecule has 0 unspecified atom stereocenters. The molecule has 30 heavy (non-hydrogen) atoms. The monoisotopic (exact) mass is 450 g/mol. The Balaban J connectivity index is 1.60. The number of amides is 1. The maximum Gasteiger partial charge on any atom is 0.230 e. The number of sulfone groups is 1. The lowest BCUT2D eigenvalue weighted by atomic mass is 10.0. The van der Waals surface area contributed by atoms with Crippen LogP contribution >= 0.6 is 11.8 Å². The van der Waals surface area contributed by atoms with E-state index in [1.54, 1.807) is 13.0 Å². The SMILES string of the molecule is C=CCn1c(COc2cccc(C)c2)nnc1SCC(=O)N[C@]1(C)CCS(=O)(=O)C1. The summed E-state index contributed by atoms with van der Waals surface area (Å²) in [7, 11) is -3.08. The molecule has 2 aromatic rings. The largest absolute Gasteiger partial charge is 0.486 e. The van der Waals surface area contributed by atoms with Crippen molar-refractivity contribution in [3.8, 4) is 5.75 Å². The molecule has 1 aromatic heterocycles. The third-order valence-electron chi connectivity index (χ3n) is 4.74. The zero-order valence-electron chi connectivity index (χ0n) is 17.1. The molecule has 1 aliphatic heterocycles. The van der Waals surface area contributed by atoms with E-state index in [2.05, 4.69) is 22.1 Å². The summed E-state index contributed by atoms with van der Waals surface area (Å²) in [4.78, 5) is 12.4. The lowest BCUT2D eigenvalue weighted by Crippen LogP contribution is -2.47. The Hall–Kier alpha value is -2.33. The number of thioether (sulfide) groups is 1. The smallest absolute Gasteiger partial charge is 0.230 e. The van der Waals surface area contributed by atoms with Gasteiger partial charge in [-0.3, -0.25) is 9.36 Å². The summed E-state index contributed by atoms with van der Waals surface area (Å²) in [5, 5.41) is 11.8. The van der Waals surface area contributed by atoms with Crippen LogP contribution in [0, 0.1) is 6.92 Å². The molecular formula is C20H26N4O4S2. The van der Waals surface area contributed by atoms with Crippen LogP contribution < -0.4 is 10.1 Å². The van der Waals surface area contributed by atoms with Gasteiger partial charge in [0.1, 0.15) is 12.4 Å². The predicted molar refractivity (Wildman–Crippen MR) is 116 cm³/mol. The van der Waals surface area contributed by atoms with Crippen LogP contribution in [0.25, 0.3) is 0 Å². The number of rotatable bonds is 9. The molecule has 0 saturated carbocycles. The van der Waals surface area contributed by atoms with E-state index in [0.717, 1.165) is 11.3 Å². The summed E-state index contributed by atoms with van der Waals surface area (Å²) >= 11 is 1.25. The van der Waals surface area contributed by atoms with Gasteiger partial charge in [0.2, 0.25) is 5.91 Å². The van der Waals surface area contributed by atoms with E-state index in [1.165, 1.54) is 11.8 Å². The second-order valence-electron chi connectivity index (χ2n) is 7.64. The molecule has 1 atom stereocenters. The lowest BCUT2D eigenvalue weighted by Gasteiger charge is -2.23. The molecule has 1 N–H and O–H groups in total. The molecule has 8 nitrogen and oxygen atoms in total. The second kappa shape index (κ2) is 9.22.